The van der Waals surface area contributed by atoms with Crippen LogP contribution in [-0.4, -0.2) is 15.7 Å². The molecule has 4 heteroatoms. The average Bonchev–Trinajstić information content (AvgIpc) is 3.01. The van der Waals surface area contributed by atoms with E-state index < -0.39 is 0 Å². The smallest absolute Gasteiger partial charge is 0.255 e. The number of hydrogen-bond acceptors (Lipinski definition) is 2. The first-order chi connectivity index (χ1) is 14.0. The van der Waals surface area contributed by atoms with Crippen LogP contribution in [0.3, 0.4) is 0 Å². The molecule has 0 saturated heterocycles. The van der Waals surface area contributed by atoms with E-state index in [1.165, 1.54) is 5.39 Å². The number of hydrogen-bond donors (Lipinski definition) is 1. The fourth-order valence-electron chi connectivity index (χ4n) is 3.91. The van der Waals surface area contributed by atoms with Crippen molar-refractivity contribution in [1.29, 1.82) is 0 Å². The van der Waals surface area contributed by atoms with Gasteiger partial charge in [-0.15, -0.1) is 0 Å². The highest BCUT2D eigenvalue weighted by molar-refractivity contribution is 5.97. The predicted octanol–water partition coefficient (Wildman–Crippen LogP) is 5.19. The van der Waals surface area contributed by atoms with Crippen molar-refractivity contribution in [2.75, 3.05) is 0 Å². The lowest BCUT2D eigenvalue weighted by molar-refractivity contribution is 0.0939. The Bertz CT molecular complexity index is 1160. The number of aromatic nitrogens is 2. The van der Waals surface area contributed by atoms with E-state index in [-0.39, 0.29) is 11.9 Å². The zero-order chi connectivity index (χ0) is 20.4. The minimum absolute atomic E-state index is 0.0836. The number of fused-ring (bicyclic) bond motifs is 1. The Morgan fingerprint density at radius 3 is 2.45 bits per heavy atom. The maximum absolute atomic E-state index is 13.1. The molecule has 29 heavy (non-hydrogen) atoms. The van der Waals surface area contributed by atoms with Crippen molar-refractivity contribution in [2.24, 2.45) is 0 Å². The maximum Gasteiger partial charge on any atom is 0.255 e. The summed E-state index contributed by atoms with van der Waals surface area (Å²) in [5.41, 5.74) is 4.57. The zero-order valence-electron chi connectivity index (χ0n) is 17.0. The van der Waals surface area contributed by atoms with Gasteiger partial charge in [-0.2, -0.15) is 5.10 Å². The van der Waals surface area contributed by atoms with Gasteiger partial charge >= 0.3 is 0 Å². The number of nitrogens with zero attached hydrogens (tertiary/aromatic N) is 2. The van der Waals surface area contributed by atoms with Crippen molar-refractivity contribution < 1.29 is 4.79 Å². The van der Waals surface area contributed by atoms with E-state index >= 15 is 0 Å². The first-order valence-corrected chi connectivity index (χ1v) is 9.91. The van der Waals surface area contributed by atoms with Gasteiger partial charge in [-0.1, -0.05) is 72.8 Å². The van der Waals surface area contributed by atoms with Gasteiger partial charge in [0.2, 0.25) is 0 Å². The number of benzene rings is 3. The molecule has 1 unspecified atom stereocenters. The summed E-state index contributed by atoms with van der Waals surface area (Å²) in [7, 11) is 0. The van der Waals surface area contributed by atoms with Crippen LogP contribution in [0.1, 0.15) is 45.8 Å². The highest BCUT2D eigenvalue weighted by Gasteiger charge is 2.21. The van der Waals surface area contributed by atoms with Crippen LogP contribution in [0.25, 0.3) is 10.8 Å². The molecule has 1 N–H and O–H groups in total. The largest absolute Gasteiger partial charge is 0.345 e. The van der Waals surface area contributed by atoms with Crippen molar-refractivity contribution in [1.82, 2.24) is 15.1 Å². The quantitative estimate of drug-likeness (QED) is 0.515. The Hall–Kier alpha value is -3.40. The summed E-state index contributed by atoms with van der Waals surface area (Å²) in [6.07, 6.45) is 0. The van der Waals surface area contributed by atoms with E-state index in [0.29, 0.717) is 12.1 Å². The van der Waals surface area contributed by atoms with Crippen molar-refractivity contribution in [3.63, 3.8) is 0 Å². The third-order valence-electron chi connectivity index (χ3n) is 5.42. The summed E-state index contributed by atoms with van der Waals surface area (Å²) in [4.78, 5) is 13.1. The SMILES string of the molecule is Cc1nn(Cc2ccccc2)c(C)c1C(=O)NC(C)c1cccc2ccccc12. The van der Waals surface area contributed by atoms with E-state index in [0.717, 1.165) is 27.9 Å². The molecule has 1 atom stereocenters. The van der Waals surface area contributed by atoms with E-state index in [1.807, 2.05) is 61.9 Å². The highest BCUT2D eigenvalue weighted by Crippen LogP contribution is 2.25. The molecule has 4 rings (SSSR count). The fourth-order valence-corrected chi connectivity index (χ4v) is 3.91. The van der Waals surface area contributed by atoms with E-state index in [9.17, 15) is 4.79 Å². The summed E-state index contributed by atoms with van der Waals surface area (Å²) < 4.78 is 1.90. The van der Waals surface area contributed by atoms with Crippen molar-refractivity contribution in [3.8, 4) is 0 Å². The van der Waals surface area contributed by atoms with Gasteiger partial charge in [-0.3, -0.25) is 9.48 Å². The number of carbonyl (C=O) groups is 1. The summed E-state index contributed by atoms with van der Waals surface area (Å²) in [6.45, 7) is 6.53. The molecule has 4 aromatic rings. The number of rotatable bonds is 5. The van der Waals surface area contributed by atoms with Gasteiger partial charge in [0.25, 0.3) is 5.91 Å². The Kier molecular flexibility index (Phi) is 5.17. The normalized spacial score (nSPS) is 12.1. The molecule has 0 fully saturated rings. The van der Waals surface area contributed by atoms with E-state index in [2.05, 4.69) is 46.8 Å². The Balaban J connectivity index is 1.58. The van der Waals surface area contributed by atoms with Gasteiger partial charge in [0.1, 0.15) is 0 Å². The van der Waals surface area contributed by atoms with Crippen molar-refractivity contribution in [3.05, 3.63) is 101 Å². The Labute approximate surface area is 171 Å². The van der Waals surface area contributed by atoms with E-state index in [4.69, 9.17) is 0 Å². The first-order valence-electron chi connectivity index (χ1n) is 9.91. The first kappa shape index (κ1) is 18.9. The molecule has 0 spiro atoms. The second kappa shape index (κ2) is 7.92. The monoisotopic (exact) mass is 383 g/mol. The molecular formula is C25H25N3O. The minimum atomic E-state index is -0.107. The minimum Gasteiger partial charge on any atom is -0.345 e. The van der Waals surface area contributed by atoms with Gasteiger partial charge in [0.15, 0.2) is 0 Å². The van der Waals surface area contributed by atoms with Crippen molar-refractivity contribution in [2.45, 2.75) is 33.4 Å². The molecular weight excluding hydrogens is 358 g/mol. The Morgan fingerprint density at radius 1 is 0.966 bits per heavy atom. The second-order valence-corrected chi connectivity index (χ2v) is 7.45. The van der Waals surface area contributed by atoms with Gasteiger partial charge in [-0.25, -0.2) is 0 Å². The lowest BCUT2D eigenvalue weighted by Crippen LogP contribution is -2.27. The molecule has 3 aromatic carbocycles. The summed E-state index contributed by atoms with van der Waals surface area (Å²) >= 11 is 0. The summed E-state index contributed by atoms with van der Waals surface area (Å²) in [5.74, 6) is -0.0836. The molecule has 1 heterocycles. The van der Waals surface area contributed by atoms with Crippen molar-refractivity contribution >= 4 is 16.7 Å². The lowest BCUT2D eigenvalue weighted by Gasteiger charge is -2.17. The van der Waals surface area contributed by atoms with E-state index in [1.54, 1.807) is 0 Å². The van der Waals surface area contributed by atoms with Gasteiger partial charge in [0, 0.05) is 5.69 Å². The number of nitrogens with one attached hydrogen (secondary N) is 1. The van der Waals surface area contributed by atoms with Crippen LogP contribution in [0.5, 0.6) is 0 Å². The molecule has 1 amide bonds. The zero-order valence-corrected chi connectivity index (χ0v) is 17.0. The molecule has 146 valence electrons. The molecule has 0 saturated carbocycles. The topological polar surface area (TPSA) is 46.9 Å². The standard InChI is InChI=1S/C25H25N3O/c1-17(22-15-9-13-21-12-7-8-14-23(21)22)26-25(29)24-18(2)27-28(19(24)3)16-20-10-5-4-6-11-20/h4-15,17H,16H2,1-3H3,(H,26,29). The molecule has 0 aliphatic rings. The van der Waals surface area contributed by atoms with Crippen LogP contribution in [0.2, 0.25) is 0 Å². The van der Waals surface area contributed by atoms with Crippen LogP contribution in [0.4, 0.5) is 0 Å². The third-order valence-corrected chi connectivity index (χ3v) is 5.42. The highest BCUT2D eigenvalue weighted by atomic mass is 16.1. The second-order valence-electron chi connectivity index (χ2n) is 7.45. The molecule has 0 radical (unpaired) electrons. The molecule has 0 aliphatic heterocycles. The van der Waals surface area contributed by atoms with Crippen LogP contribution >= 0.6 is 0 Å². The van der Waals surface area contributed by atoms with Crippen LogP contribution in [0, 0.1) is 13.8 Å². The number of aryl methyl sites for hydroxylation is 1. The van der Waals surface area contributed by atoms with Crippen LogP contribution in [0.15, 0.2) is 72.8 Å². The lowest BCUT2D eigenvalue weighted by atomic mass is 9.99. The molecule has 4 nitrogen and oxygen atoms in total. The predicted molar refractivity (Wildman–Crippen MR) is 117 cm³/mol. The Morgan fingerprint density at radius 2 is 1.66 bits per heavy atom. The van der Waals surface area contributed by atoms with Crippen LogP contribution in [-0.2, 0) is 6.54 Å². The summed E-state index contributed by atoms with van der Waals surface area (Å²) in [6, 6.07) is 24.5. The molecule has 0 bridgehead atoms. The summed E-state index contributed by atoms with van der Waals surface area (Å²) in [5, 5.41) is 10.1. The van der Waals surface area contributed by atoms with Crippen LogP contribution < -0.4 is 5.32 Å². The number of amides is 1. The maximum atomic E-state index is 13.1. The fraction of sp³-hybridized carbons (Fsp3) is 0.200. The molecule has 1 aromatic heterocycles. The molecule has 0 aliphatic carbocycles. The number of carbonyl (C=O) groups excluding carboxylic acids is 1. The third kappa shape index (κ3) is 3.79. The van der Waals surface area contributed by atoms with Gasteiger partial charge < -0.3 is 5.32 Å². The van der Waals surface area contributed by atoms with Gasteiger partial charge in [-0.05, 0) is 42.7 Å². The van der Waals surface area contributed by atoms with Gasteiger partial charge in [0.05, 0.1) is 23.8 Å². The average molecular weight is 383 g/mol.